The summed E-state index contributed by atoms with van der Waals surface area (Å²) in [5.74, 6) is -1.61. The average molecular weight is 426 g/mol. The Morgan fingerprint density at radius 3 is 2.29 bits per heavy atom. The molecular formula is C14H6Br2F4O. The van der Waals surface area contributed by atoms with E-state index < -0.39 is 23.3 Å². The van der Waals surface area contributed by atoms with Crippen molar-refractivity contribution in [2.75, 3.05) is 0 Å². The molecule has 110 valence electrons. The molecule has 0 aliphatic rings. The molecule has 2 rings (SSSR count). The molecule has 0 atom stereocenters. The van der Waals surface area contributed by atoms with Gasteiger partial charge in [0.25, 0.3) is 0 Å². The molecule has 0 heterocycles. The summed E-state index contributed by atoms with van der Waals surface area (Å²) < 4.78 is 52.4. The normalized spacial score (nSPS) is 11.5. The fourth-order valence-electron chi connectivity index (χ4n) is 1.71. The largest absolute Gasteiger partial charge is 0.417 e. The summed E-state index contributed by atoms with van der Waals surface area (Å²) in [7, 11) is 0. The smallest absolute Gasteiger partial charge is 0.288 e. The third kappa shape index (κ3) is 3.52. The minimum Gasteiger partial charge on any atom is -0.288 e. The van der Waals surface area contributed by atoms with Crippen LogP contribution in [0.4, 0.5) is 17.6 Å². The van der Waals surface area contributed by atoms with Gasteiger partial charge in [-0.15, -0.1) is 0 Å². The van der Waals surface area contributed by atoms with Crippen LogP contribution in [0.15, 0.2) is 45.3 Å². The molecule has 2 aromatic carbocycles. The second kappa shape index (κ2) is 5.88. The number of benzene rings is 2. The minimum absolute atomic E-state index is 0.179. The van der Waals surface area contributed by atoms with Gasteiger partial charge in [0.15, 0.2) is 5.78 Å². The van der Waals surface area contributed by atoms with Gasteiger partial charge in [0.2, 0.25) is 0 Å². The first-order chi connectivity index (χ1) is 9.70. The number of hydrogen-bond donors (Lipinski definition) is 0. The Morgan fingerprint density at radius 1 is 1.00 bits per heavy atom. The maximum absolute atomic E-state index is 13.6. The zero-order valence-electron chi connectivity index (χ0n) is 10.1. The topological polar surface area (TPSA) is 17.1 Å². The van der Waals surface area contributed by atoms with E-state index in [0.717, 1.165) is 12.1 Å². The summed E-state index contributed by atoms with van der Waals surface area (Å²) in [5, 5.41) is 0. The van der Waals surface area contributed by atoms with Gasteiger partial charge in [-0.2, -0.15) is 13.2 Å². The Morgan fingerprint density at radius 2 is 1.67 bits per heavy atom. The summed E-state index contributed by atoms with van der Waals surface area (Å²) in [6.07, 6.45) is -4.61. The van der Waals surface area contributed by atoms with Crippen molar-refractivity contribution in [3.63, 3.8) is 0 Å². The zero-order chi connectivity index (χ0) is 15.8. The van der Waals surface area contributed by atoms with Crippen LogP contribution in [0.2, 0.25) is 0 Å². The molecule has 0 N–H and O–H groups in total. The van der Waals surface area contributed by atoms with E-state index in [1.54, 1.807) is 0 Å². The summed E-state index contributed by atoms with van der Waals surface area (Å²) in [6, 6.07) is 6.73. The summed E-state index contributed by atoms with van der Waals surface area (Å²) in [4.78, 5) is 12.2. The fourth-order valence-corrected chi connectivity index (χ4v) is 2.54. The average Bonchev–Trinajstić information content (AvgIpc) is 2.40. The Balaban J connectivity index is 2.52. The predicted molar refractivity (Wildman–Crippen MR) is 76.7 cm³/mol. The van der Waals surface area contributed by atoms with E-state index in [4.69, 9.17) is 0 Å². The highest BCUT2D eigenvalue weighted by Crippen LogP contribution is 2.35. The molecule has 0 bridgehead atoms. The van der Waals surface area contributed by atoms with Gasteiger partial charge >= 0.3 is 6.18 Å². The van der Waals surface area contributed by atoms with E-state index in [9.17, 15) is 22.4 Å². The van der Waals surface area contributed by atoms with Crippen molar-refractivity contribution in [2.45, 2.75) is 6.18 Å². The van der Waals surface area contributed by atoms with Crippen LogP contribution >= 0.6 is 31.9 Å². The van der Waals surface area contributed by atoms with Crippen molar-refractivity contribution in [2.24, 2.45) is 0 Å². The van der Waals surface area contributed by atoms with Crippen LogP contribution in [-0.4, -0.2) is 5.78 Å². The van der Waals surface area contributed by atoms with Crippen LogP contribution in [0, 0.1) is 5.82 Å². The van der Waals surface area contributed by atoms with Crippen molar-refractivity contribution >= 4 is 37.6 Å². The highest BCUT2D eigenvalue weighted by molar-refractivity contribution is 9.10. The lowest BCUT2D eigenvalue weighted by molar-refractivity contribution is -0.138. The highest BCUT2D eigenvalue weighted by Gasteiger charge is 2.33. The van der Waals surface area contributed by atoms with E-state index in [-0.39, 0.29) is 15.6 Å². The number of hydrogen-bond acceptors (Lipinski definition) is 1. The first-order valence-electron chi connectivity index (χ1n) is 5.56. The summed E-state index contributed by atoms with van der Waals surface area (Å²) in [5.41, 5.74) is -1.51. The SMILES string of the molecule is O=C(c1ccc(Br)c(C(F)(F)F)c1)c1cc(Br)ccc1F. The number of rotatable bonds is 2. The third-order valence-electron chi connectivity index (χ3n) is 2.71. The van der Waals surface area contributed by atoms with Crippen LogP contribution in [0.25, 0.3) is 0 Å². The zero-order valence-corrected chi connectivity index (χ0v) is 13.3. The van der Waals surface area contributed by atoms with Gasteiger partial charge in [-0.05, 0) is 36.4 Å². The Kier molecular flexibility index (Phi) is 4.53. The van der Waals surface area contributed by atoms with Crippen molar-refractivity contribution < 1.29 is 22.4 Å². The highest BCUT2D eigenvalue weighted by atomic mass is 79.9. The minimum atomic E-state index is -4.61. The van der Waals surface area contributed by atoms with Gasteiger partial charge in [0.1, 0.15) is 5.82 Å². The number of carbonyl (C=O) groups excluding carboxylic acids is 1. The molecule has 7 heteroatoms. The third-order valence-corrected chi connectivity index (χ3v) is 3.89. The maximum Gasteiger partial charge on any atom is 0.417 e. The summed E-state index contributed by atoms with van der Waals surface area (Å²) in [6.45, 7) is 0. The molecule has 2 aromatic rings. The van der Waals surface area contributed by atoms with E-state index >= 15 is 0 Å². The molecule has 0 amide bonds. The molecule has 0 aliphatic carbocycles. The van der Waals surface area contributed by atoms with Crippen LogP contribution < -0.4 is 0 Å². The van der Waals surface area contributed by atoms with Gasteiger partial charge in [0.05, 0.1) is 11.1 Å². The molecule has 0 spiro atoms. The Labute approximate surface area is 134 Å². The standard InChI is InChI=1S/C14H6Br2F4O/c15-8-2-4-12(17)9(6-8)13(21)7-1-3-11(16)10(5-7)14(18,19)20/h1-6H. The first kappa shape index (κ1) is 16.2. The Bertz CT molecular complexity index is 711. The van der Waals surface area contributed by atoms with Crippen LogP contribution in [0.5, 0.6) is 0 Å². The Hall–Kier alpha value is -1.21. The molecule has 0 aliphatic heterocycles. The molecule has 0 fully saturated rings. The lowest BCUT2D eigenvalue weighted by atomic mass is 10.0. The van der Waals surface area contributed by atoms with Crippen molar-refractivity contribution in [1.82, 2.24) is 0 Å². The van der Waals surface area contributed by atoms with Crippen LogP contribution in [-0.2, 0) is 6.18 Å². The van der Waals surface area contributed by atoms with E-state index in [0.29, 0.717) is 10.5 Å². The molecule has 0 radical (unpaired) electrons. The van der Waals surface area contributed by atoms with Crippen molar-refractivity contribution in [3.05, 3.63) is 67.9 Å². The number of halogens is 6. The van der Waals surface area contributed by atoms with E-state index in [2.05, 4.69) is 31.9 Å². The van der Waals surface area contributed by atoms with Crippen LogP contribution in [0.3, 0.4) is 0 Å². The van der Waals surface area contributed by atoms with Gasteiger partial charge in [-0.1, -0.05) is 31.9 Å². The quantitative estimate of drug-likeness (QED) is 0.452. The predicted octanol–water partition coefficient (Wildman–Crippen LogP) is 5.60. The maximum atomic E-state index is 13.6. The van der Waals surface area contributed by atoms with E-state index in [1.165, 1.54) is 18.2 Å². The molecule has 0 aromatic heterocycles. The fraction of sp³-hybridized carbons (Fsp3) is 0.0714. The second-order valence-corrected chi connectivity index (χ2v) is 5.92. The molecular weight excluding hydrogens is 420 g/mol. The monoisotopic (exact) mass is 424 g/mol. The van der Waals surface area contributed by atoms with Crippen LogP contribution in [0.1, 0.15) is 21.5 Å². The molecule has 1 nitrogen and oxygen atoms in total. The van der Waals surface area contributed by atoms with Gasteiger partial charge in [-0.3, -0.25) is 4.79 Å². The number of alkyl halides is 3. The van der Waals surface area contributed by atoms with Gasteiger partial charge < -0.3 is 0 Å². The van der Waals surface area contributed by atoms with E-state index in [1.807, 2.05) is 0 Å². The molecule has 0 unspecified atom stereocenters. The lowest BCUT2D eigenvalue weighted by Gasteiger charge is -2.11. The summed E-state index contributed by atoms with van der Waals surface area (Å²) >= 11 is 5.87. The number of ketones is 1. The molecule has 0 saturated heterocycles. The number of carbonyl (C=O) groups is 1. The van der Waals surface area contributed by atoms with Gasteiger partial charge in [0, 0.05) is 14.5 Å². The van der Waals surface area contributed by atoms with Gasteiger partial charge in [-0.25, -0.2) is 4.39 Å². The first-order valence-corrected chi connectivity index (χ1v) is 7.15. The second-order valence-electron chi connectivity index (χ2n) is 4.15. The molecule has 0 saturated carbocycles. The van der Waals surface area contributed by atoms with Crippen molar-refractivity contribution in [1.29, 1.82) is 0 Å². The molecule has 21 heavy (non-hydrogen) atoms. The van der Waals surface area contributed by atoms with Crippen molar-refractivity contribution in [3.8, 4) is 0 Å². The lowest BCUT2D eigenvalue weighted by Crippen LogP contribution is -2.10.